The molecule has 1 saturated heterocycles. The summed E-state index contributed by atoms with van der Waals surface area (Å²) in [5.74, 6) is 1.91. The second-order valence-electron chi connectivity index (χ2n) is 7.80. The number of likely N-dealkylation sites (tertiary alicyclic amines) is 1. The van der Waals surface area contributed by atoms with E-state index in [0.717, 1.165) is 54.0 Å². The lowest BCUT2D eigenvalue weighted by atomic mass is 10.0. The van der Waals surface area contributed by atoms with Crippen molar-refractivity contribution in [1.82, 2.24) is 4.90 Å². The Hall–Kier alpha value is -2.76. The summed E-state index contributed by atoms with van der Waals surface area (Å²) in [6.45, 7) is 2.49. The monoisotopic (exact) mass is 391 g/mol. The van der Waals surface area contributed by atoms with Gasteiger partial charge in [-0.25, -0.2) is 0 Å². The fourth-order valence-electron chi connectivity index (χ4n) is 4.18. The maximum Gasteiger partial charge on any atom is 0.254 e. The molecule has 5 heteroatoms. The van der Waals surface area contributed by atoms with Gasteiger partial charge in [-0.1, -0.05) is 48.5 Å². The number of hydrogen-bond donors (Lipinski definition) is 1. The van der Waals surface area contributed by atoms with Crippen LogP contribution in [0.25, 0.3) is 10.8 Å². The molecule has 0 aliphatic carbocycles. The lowest BCUT2D eigenvalue weighted by molar-refractivity contribution is -0.122. The maximum atomic E-state index is 10.5. The van der Waals surface area contributed by atoms with Crippen LogP contribution in [0.5, 0.6) is 17.2 Å². The zero-order valence-electron chi connectivity index (χ0n) is 16.3. The number of aliphatic hydroxyl groups excluding tert-OH is 1. The Bertz CT molecular complexity index is 965. The number of rotatable bonds is 5. The van der Waals surface area contributed by atoms with E-state index in [1.807, 2.05) is 54.6 Å². The molecule has 1 spiro atoms. The van der Waals surface area contributed by atoms with Crippen LogP contribution in [0.2, 0.25) is 0 Å². The van der Waals surface area contributed by atoms with Crippen LogP contribution in [0.1, 0.15) is 12.8 Å². The van der Waals surface area contributed by atoms with Gasteiger partial charge in [0, 0.05) is 37.9 Å². The van der Waals surface area contributed by atoms with Gasteiger partial charge in [0.2, 0.25) is 0 Å². The van der Waals surface area contributed by atoms with Crippen molar-refractivity contribution in [1.29, 1.82) is 0 Å². The summed E-state index contributed by atoms with van der Waals surface area (Å²) in [7, 11) is 0. The average Bonchev–Trinajstić information content (AvgIpc) is 3.12. The van der Waals surface area contributed by atoms with Crippen LogP contribution in [0, 0.1) is 0 Å². The topological polar surface area (TPSA) is 51.2 Å². The lowest BCUT2D eigenvalue weighted by Gasteiger charge is -2.38. The first-order valence-electron chi connectivity index (χ1n) is 10.2. The number of β-amino-alcohol motifs (C(OH)–C–C–N with tert-alkyl or cyclic N) is 1. The van der Waals surface area contributed by atoms with E-state index in [2.05, 4.69) is 17.0 Å². The fraction of sp³-hybridized carbons (Fsp3) is 0.333. The summed E-state index contributed by atoms with van der Waals surface area (Å²) in [6.07, 6.45) is 1.00. The molecule has 1 fully saturated rings. The molecular weight excluding hydrogens is 366 g/mol. The molecule has 0 amide bonds. The van der Waals surface area contributed by atoms with E-state index in [1.54, 1.807) is 0 Å². The molecule has 1 atom stereocenters. The summed E-state index contributed by atoms with van der Waals surface area (Å²) in [4.78, 5) is 2.25. The molecule has 3 aromatic rings. The summed E-state index contributed by atoms with van der Waals surface area (Å²) >= 11 is 0. The number of piperidine rings is 1. The molecule has 150 valence electrons. The Labute approximate surface area is 170 Å². The molecule has 1 N–H and O–H groups in total. The highest BCUT2D eigenvalue weighted by Gasteiger charge is 2.44. The van der Waals surface area contributed by atoms with Gasteiger partial charge in [0.1, 0.15) is 18.5 Å². The highest BCUT2D eigenvalue weighted by Crippen LogP contribution is 2.43. The van der Waals surface area contributed by atoms with Gasteiger partial charge in [0.15, 0.2) is 11.5 Å². The number of aliphatic hydroxyl groups is 1. The van der Waals surface area contributed by atoms with Gasteiger partial charge >= 0.3 is 0 Å². The lowest BCUT2D eigenvalue weighted by Crippen LogP contribution is -2.51. The van der Waals surface area contributed by atoms with Crippen molar-refractivity contribution in [2.75, 3.05) is 26.2 Å². The highest BCUT2D eigenvalue weighted by molar-refractivity contribution is 5.88. The van der Waals surface area contributed by atoms with Crippen molar-refractivity contribution in [2.45, 2.75) is 24.7 Å². The van der Waals surface area contributed by atoms with Gasteiger partial charge in [0.25, 0.3) is 5.79 Å². The normalized spacial score (nSPS) is 18.8. The van der Waals surface area contributed by atoms with Crippen molar-refractivity contribution in [3.63, 3.8) is 0 Å². The number of para-hydroxylation sites is 2. The third-order valence-corrected chi connectivity index (χ3v) is 5.71. The second kappa shape index (κ2) is 7.58. The van der Waals surface area contributed by atoms with Crippen molar-refractivity contribution in [2.24, 2.45) is 0 Å². The van der Waals surface area contributed by atoms with Crippen LogP contribution in [0.15, 0.2) is 66.7 Å². The van der Waals surface area contributed by atoms with Gasteiger partial charge in [-0.15, -0.1) is 0 Å². The molecule has 0 bridgehead atoms. The van der Waals surface area contributed by atoms with E-state index in [0.29, 0.717) is 6.54 Å². The molecular formula is C24H25NO4. The van der Waals surface area contributed by atoms with Crippen LogP contribution in [-0.2, 0) is 0 Å². The van der Waals surface area contributed by atoms with Crippen LogP contribution >= 0.6 is 0 Å². The Morgan fingerprint density at radius 3 is 2.31 bits per heavy atom. The highest BCUT2D eigenvalue weighted by atomic mass is 16.7. The third kappa shape index (κ3) is 3.76. The smallest absolute Gasteiger partial charge is 0.254 e. The first-order valence-corrected chi connectivity index (χ1v) is 10.2. The molecule has 3 aromatic carbocycles. The van der Waals surface area contributed by atoms with E-state index in [9.17, 15) is 5.11 Å². The minimum atomic E-state index is -0.551. The molecule has 0 aromatic heterocycles. The third-order valence-electron chi connectivity index (χ3n) is 5.71. The molecule has 1 unspecified atom stereocenters. The van der Waals surface area contributed by atoms with E-state index < -0.39 is 11.9 Å². The van der Waals surface area contributed by atoms with E-state index in [4.69, 9.17) is 14.2 Å². The summed E-state index contributed by atoms with van der Waals surface area (Å²) < 4.78 is 18.1. The summed E-state index contributed by atoms with van der Waals surface area (Å²) in [5, 5.41) is 12.7. The number of fused-ring (bicyclic) bond motifs is 2. The van der Waals surface area contributed by atoms with Crippen LogP contribution in [0.3, 0.4) is 0 Å². The standard InChI is InChI=1S/C24H25NO4/c26-19(17-27-21-11-5-7-18-6-1-2-8-20(18)21)16-25-14-12-24(13-15-25)28-22-9-3-4-10-23(22)29-24/h1-11,19,26H,12-17H2. The number of nitrogens with zero attached hydrogens (tertiary/aromatic N) is 1. The van der Waals surface area contributed by atoms with E-state index >= 15 is 0 Å². The zero-order valence-corrected chi connectivity index (χ0v) is 16.3. The van der Waals surface area contributed by atoms with Crippen molar-refractivity contribution < 1.29 is 19.3 Å². The van der Waals surface area contributed by atoms with E-state index in [-0.39, 0.29) is 6.61 Å². The fourth-order valence-corrected chi connectivity index (χ4v) is 4.18. The SMILES string of the molecule is OC(COc1cccc2ccccc12)CN1CCC2(CC1)Oc1ccccc1O2. The van der Waals surface area contributed by atoms with Gasteiger partial charge in [-0.3, -0.25) is 0 Å². The number of ether oxygens (including phenoxy) is 3. The van der Waals surface area contributed by atoms with Crippen molar-refractivity contribution in [3.8, 4) is 17.2 Å². The molecule has 0 radical (unpaired) electrons. The predicted molar refractivity (Wildman–Crippen MR) is 112 cm³/mol. The molecule has 29 heavy (non-hydrogen) atoms. The first kappa shape index (κ1) is 18.3. The Balaban J connectivity index is 1.13. The van der Waals surface area contributed by atoms with Crippen molar-refractivity contribution >= 4 is 10.8 Å². The second-order valence-corrected chi connectivity index (χ2v) is 7.80. The predicted octanol–water partition coefficient (Wildman–Crippen LogP) is 3.84. The molecule has 2 heterocycles. The Morgan fingerprint density at radius 2 is 1.55 bits per heavy atom. The minimum absolute atomic E-state index is 0.272. The van der Waals surface area contributed by atoms with Crippen molar-refractivity contribution in [3.05, 3.63) is 66.7 Å². The molecule has 2 aliphatic heterocycles. The minimum Gasteiger partial charge on any atom is -0.490 e. The number of benzene rings is 3. The van der Waals surface area contributed by atoms with E-state index in [1.165, 1.54) is 0 Å². The molecule has 5 rings (SSSR count). The molecule has 5 nitrogen and oxygen atoms in total. The zero-order chi connectivity index (χ0) is 19.7. The van der Waals surface area contributed by atoms with Crippen LogP contribution in [0.4, 0.5) is 0 Å². The maximum absolute atomic E-state index is 10.5. The van der Waals surface area contributed by atoms with Gasteiger partial charge in [-0.2, -0.15) is 0 Å². The average molecular weight is 391 g/mol. The largest absolute Gasteiger partial charge is 0.490 e. The quantitative estimate of drug-likeness (QED) is 0.716. The van der Waals surface area contributed by atoms with Crippen LogP contribution in [-0.4, -0.2) is 48.1 Å². The Kier molecular flexibility index (Phi) is 4.78. The van der Waals surface area contributed by atoms with Gasteiger partial charge in [-0.05, 0) is 23.6 Å². The van der Waals surface area contributed by atoms with Crippen LogP contribution < -0.4 is 14.2 Å². The van der Waals surface area contributed by atoms with Gasteiger partial charge in [0.05, 0.1) is 0 Å². The molecule has 0 saturated carbocycles. The first-order chi connectivity index (χ1) is 14.2. The Morgan fingerprint density at radius 1 is 0.897 bits per heavy atom. The number of hydrogen-bond acceptors (Lipinski definition) is 5. The van der Waals surface area contributed by atoms with Gasteiger partial charge < -0.3 is 24.2 Å². The summed E-state index contributed by atoms with van der Waals surface area (Å²) in [6, 6.07) is 21.9. The molecule has 2 aliphatic rings. The summed E-state index contributed by atoms with van der Waals surface area (Å²) in [5.41, 5.74) is 0.